The summed E-state index contributed by atoms with van der Waals surface area (Å²) in [4.78, 5) is 17.7. The van der Waals surface area contributed by atoms with Crippen molar-refractivity contribution >= 4 is 0 Å². The highest BCUT2D eigenvalue weighted by Crippen LogP contribution is 2.42. The molecular weight excluding hydrogens is 226 g/mol. The van der Waals surface area contributed by atoms with Crippen LogP contribution in [-0.4, -0.2) is 19.9 Å². The van der Waals surface area contributed by atoms with Gasteiger partial charge in [-0.1, -0.05) is 0 Å². The van der Waals surface area contributed by atoms with E-state index in [1.165, 1.54) is 24.1 Å². The molecule has 2 aliphatic rings. The lowest BCUT2D eigenvalue weighted by Gasteiger charge is -2.08. The van der Waals surface area contributed by atoms with Crippen molar-refractivity contribution < 1.29 is 0 Å². The first-order valence-corrected chi connectivity index (χ1v) is 6.28. The fraction of sp³-hybridized carbons (Fsp3) is 0.385. The number of hydrogen-bond donors (Lipinski definition) is 1. The summed E-state index contributed by atoms with van der Waals surface area (Å²) in [5.41, 5.74) is 4.43. The molecule has 4 rings (SSSR count). The smallest absolute Gasteiger partial charge is 0.180 e. The predicted octanol–water partition coefficient (Wildman–Crippen LogP) is 1.41. The second-order valence-electron chi connectivity index (χ2n) is 4.83. The van der Waals surface area contributed by atoms with Crippen LogP contribution >= 0.6 is 0 Å². The average molecular weight is 239 g/mol. The number of nitrogens with zero attached hydrogens (tertiary/aromatic N) is 4. The Balaban J connectivity index is 1.87. The van der Waals surface area contributed by atoms with Crippen LogP contribution in [0.25, 0.3) is 11.5 Å². The van der Waals surface area contributed by atoms with Gasteiger partial charge in [0.25, 0.3) is 0 Å². The van der Waals surface area contributed by atoms with Gasteiger partial charge < -0.3 is 5.32 Å². The molecule has 18 heavy (non-hydrogen) atoms. The maximum atomic E-state index is 4.72. The van der Waals surface area contributed by atoms with Gasteiger partial charge >= 0.3 is 0 Å². The lowest BCUT2D eigenvalue weighted by Crippen LogP contribution is -2.03. The van der Waals surface area contributed by atoms with Crippen molar-refractivity contribution in [3.8, 4) is 11.5 Å². The van der Waals surface area contributed by atoms with Crippen LogP contribution in [0.3, 0.4) is 0 Å². The zero-order valence-electron chi connectivity index (χ0n) is 9.93. The molecule has 1 saturated carbocycles. The van der Waals surface area contributed by atoms with Crippen LogP contribution in [0.4, 0.5) is 0 Å². The molecule has 2 aromatic heterocycles. The second kappa shape index (κ2) is 3.81. The van der Waals surface area contributed by atoms with Gasteiger partial charge in [-0.15, -0.1) is 0 Å². The molecule has 0 atom stereocenters. The molecule has 1 aliphatic heterocycles. The molecule has 3 heterocycles. The van der Waals surface area contributed by atoms with Gasteiger partial charge in [-0.05, 0) is 12.8 Å². The number of rotatable bonds is 2. The van der Waals surface area contributed by atoms with Crippen LogP contribution in [0.2, 0.25) is 0 Å². The molecule has 0 aromatic carbocycles. The summed E-state index contributed by atoms with van der Waals surface area (Å²) in [6, 6.07) is 0. The van der Waals surface area contributed by atoms with E-state index in [1.54, 1.807) is 18.6 Å². The third-order valence-corrected chi connectivity index (χ3v) is 3.48. The van der Waals surface area contributed by atoms with Crippen molar-refractivity contribution in [3.63, 3.8) is 0 Å². The first kappa shape index (κ1) is 10.1. The van der Waals surface area contributed by atoms with Crippen LogP contribution in [0.5, 0.6) is 0 Å². The Hall–Kier alpha value is -1.88. The SMILES string of the molecule is c1cnc(-c2nc3c(c(C4CC4)n2)CNC3)cn1. The highest BCUT2D eigenvalue weighted by molar-refractivity contribution is 5.50. The minimum Gasteiger partial charge on any atom is -0.307 e. The lowest BCUT2D eigenvalue weighted by atomic mass is 10.1. The van der Waals surface area contributed by atoms with E-state index in [4.69, 9.17) is 4.98 Å². The van der Waals surface area contributed by atoms with Gasteiger partial charge in [-0.2, -0.15) is 0 Å². The van der Waals surface area contributed by atoms with Gasteiger partial charge in [0.1, 0.15) is 5.69 Å². The molecule has 5 nitrogen and oxygen atoms in total. The van der Waals surface area contributed by atoms with E-state index in [1.807, 2.05) is 0 Å². The molecule has 0 spiro atoms. The molecule has 0 unspecified atom stereocenters. The lowest BCUT2D eigenvalue weighted by molar-refractivity contribution is 0.755. The van der Waals surface area contributed by atoms with Gasteiger partial charge in [0.05, 0.1) is 17.6 Å². The van der Waals surface area contributed by atoms with E-state index in [0.29, 0.717) is 11.7 Å². The summed E-state index contributed by atoms with van der Waals surface area (Å²) in [5, 5.41) is 3.35. The third-order valence-electron chi connectivity index (χ3n) is 3.48. The second-order valence-corrected chi connectivity index (χ2v) is 4.83. The quantitative estimate of drug-likeness (QED) is 0.858. The minimum atomic E-state index is 0.636. The first-order chi connectivity index (χ1) is 8.92. The molecule has 0 radical (unpaired) electrons. The first-order valence-electron chi connectivity index (χ1n) is 6.28. The molecule has 0 saturated heterocycles. The summed E-state index contributed by atoms with van der Waals surface area (Å²) in [5.74, 6) is 1.35. The molecule has 0 bridgehead atoms. The van der Waals surface area contributed by atoms with Crippen molar-refractivity contribution in [2.75, 3.05) is 0 Å². The Morgan fingerprint density at radius 3 is 2.83 bits per heavy atom. The highest BCUT2D eigenvalue weighted by atomic mass is 15.0. The van der Waals surface area contributed by atoms with Gasteiger partial charge in [-0.3, -0.25) is 4.98 Å². The number of nitrogens with one attached hydrogen (secondary N) is 1. The predicted molar refractivity (Wildman–Crippen MR) is 65.6 cm³/mol. The molecule has 2 aromatic rings. The average Bonchev–Trinajstić information content (AvgIpc) is 3.16. The number of fused-ring (bicyclic) bond motifs is 1. The van der Waals surface area contributed by atoms with Gasteiger partial charge in [-0.25, -0.2) is 15.0 Å². The van der Waals surface area contributed by atoms with Gasteiger partial charge in [0, 0.05) is 37.0 Å². The van der Waals surface area contributed by atoms with E-state index >= 15 is 0 Å². The van der Waals surface area contributed by atoms with Crippen molar-refractivity contribution in [1.82, 2.24) is 25.3 Å². The fourth-order valence-corrected chi connectivity index (χ4v) is 2.42. The fourth-order valence-electron chi connectivity index (χ4n) is 2.42. The van der Waals surface area contributed by atoms with Gasteiger partial charge in [0.2, 0.25) is 0 Å². The highest BCUT2D eigenvalue weighted by Gasteiger charge is 2.31. The Bertz CT molecular complexity index is 592. The topological polar surface area (TPSA) is 63.6 Å². The molecular formula is C13H13N5. The molecule has 1 aliphatic carbocycles. The normalized spacial score (nSPS) is 17.8. The molecule has 1 fully saturated rings. The van der Waals surface area contributed by atoms with Crippen molar-refractivity contribution in [2.45, 2.75) is 31.8 Å². The van der Waals surface area contributed by atoms with E-state index in [-0.39, 0.29) is 0 Å². The van der Waals surface area contributed by atoms with Crippen molar-refractivity contribution in [3.05, 3.63) is 35.5 Å². The zero-order chi connectivity index (χ0) is 11.9. The van der Waals surface area contributed by atoms with E-state index < -0.39 is 0 Å². The summed E-state index contributed by atoms with van der Waals surface area (Å²) < 4.78 is 0. The van der Waals surface area contributed by atoms with Crippen LogP contribution in [0.15, 0.2) is 18.6 Å². The van der Waals surface area contributed by atoms with Crippen LogP contribution in [0, 0.1) is 0 Å². The molecule has 0 amide bonds. The van der Waals surface area contributed by atoms with E-state index in [2.05, 4.69) is 20.3 Å². The largest absolute Gasteiger partial charge is 0.307 e. The summed E-state index contributed by atoms with van der Waals surface area (Å²) in [6.45, 7) is 1.74. The maximum Gasteiger partial charge on any atom is 0.180 e. The molecule has 5 heteroatoms. The van der Waals surface area contributed by atoms with Crippen LogP contribution < -0.4 is 5.32 Å². The summed E-state index contributed by atoms with van der Waals surface area (Å²) >= 11 is 0. The van der Waals surface area contributed by atoms with Crippen LogP contribution in [-0.2, 0) is 13.1 Å². The molecule has 90 valence electrons. The zero-order valence-corrected chi connectivity index (χ0v) is 9.93. The monoisotopic (exact) mass is 239 g/mol. The van der Waals surface area contributed by atoms with Crippen LogP contribution in [0.1, 0.15) is 35.7 Å². The van der Waals surface area contributed by atoms with E-state index in [0.717, 1.165) is 24.5 Å². The molecule has 1 N–H and O–H groups in total. The standard InChI is InChI=1S/C13H13N5/c1-2-8(1)12-9-5-15-6-10(9)17-13(18-12)11-7-14-3-4-16-11/h3-4,7-8,15H,1-2,5-6H2. The van der Waals surface area contributed by atoms with E-state index in [9.17, 15) is 0 Å². The number of hydrogen-bond acceptors (Lipinski definition) is 5. The Morgan fingerprint density at radius 2 is 2.06 bits per heavy atom. The number of aromatic nitrogens is 4. The Kier molecular flexibility index (Phi) is 2.14. The van der Waals surface area contributed by atoms with Crippen molar-refractivity contribution in [2.24, 2.45) is 0 Å². The summed E-state index contributed by atoms with van der Waals surface area (Å²) in [6.07, 6.45) is 7.58. The summed E-state index contributed by atoms with van der Waals surface area (Å²) in [7, 11) is 0. The Morgan fingerprint density at radius 1 is 1.11 bits per heavy atom. The third kappa shape index (κ3) is 1.59. The van der Waals surface area contributed by atoms with Crippen molar-refractivity contribution in [1.29, 1.82) is 0 Å². The van der Waals surface area contributed by atoms with Gasteiger partial charge in [0.15, 0.2) is 5.82 Å². The Labute approximate surface area is 105 Å². The minimum absolute atomic E-state index is 0.636. The maximum absolute atomic E-state index is 4.72.